The van der Waals surface area contributed by atoms with E-state index < -0.39 is 0 Å². The van der Waals surface area contributed by atoms with Crippen LogP contribution < -0.4 is 24.3 Å². The highest BCUT2D eigenvalue weighted by Gasteiger charge is 2.13. The van der Waals surface area contributed by atoms with Crippen molar-refractivity contribution in [1.29, 1.82) is 0 Å². The standard InChI is InChI=1S/C22H19N3O4S/c1-4-11-29-16-8-5-14(6-9-16)20-23-22-25(24-20)21(26)19(30-22)12-15-7-10-17(27-2)13-18(15)28-3/h4-10,12-13H,1,11H2,2-3H3. The molecule has 0 aliphatic heterocycles. The van der Waals surface area contributed by atoms with Gasteiger partial charge in [-0.05, 0) is 42.5 Å². The van der Waals surface area contributed by atoms with Gasteiger partial charge in [0, 0.05) is 17.2 Å². The third-order valence-electron chi connectivity index (χ3n) is 4.39. The van der Waals surface area contributed by atoms with Crippen molar-refractivity contribution in [2.24, 2.45) is 0 Å². The van der Waals surface area contributed by atoms with Crippen LogP contribution in [0.2, 0.25) is 0 Å². The topological polar surface area (TPSA) is 75.0 Å². The monoisotopic (exact) mass is 421 g/mol. The van der Waals surface area contributed by atoms with Crippen LogP contribution in [0.3, 0.4) is 0 Å². The van der Waals surface area contributed by atoms with Gasteiger partial charge in [0.05, 0.1) is 18.8 Å². The molecule has 2 aromatic carbocycles. The lowest BCUT2D eigenvalue weighted by Crippen LogP contribution is -2.23. The molecule has 0 atom stereocenters. The molecular weight excluding hydrogens is 402 g/mol. The van der Waals surface area contributed by atoms with Gasteiger partial charge in [-0.15, -0.1) is 5.10 Å². The first-order chi connectivity index (χ1) is 14.6. The number of rotatable bonds is 7. The molecule has 7 nitrogen and oxygen atoms in total. The summed E-state index contributed by atoms with van der Waals surface area (Å²) in [4.78, 5) is 17.9. The van der Waals surface area contributed by atoms with E-state index in [9.17, 15) is 4.79 Å². The summed E-state index contributed by atoms with van der Waals surface area (Å²) in [7, 11) is 3.17. The summed E-state index contributed by atoms with van der Waals surface area (Å²) in [6.07, 6.45) is 3.46. The van der Waals surface area contributed by atoms with Crippen LogP contribution in [0.15, 0.2) is 59.9 Å². The third-order valence-corrected chi connectivity index (χ3v) is 5.35. The molecule has 0 N–H and O–H groups in total. The molecule has 0 amide bonds. The van der Waals surface area contributed by atoms with Gasteiger partial charge in [-0.25, -0.2) is 0 Å². The first-order valence-corrected chi connectivity index (χ1v) is 9.92. The van der Waals surface area contributed by atoms with Crippen molar-refractivity contribution < 1.29 is 14.2 Å². The Balaban J connectivity index is 1.68. The summed E-state index contributed by atoms with van der Waals surface area (Å²) in [6.45, 7) is 4.07. The van der Waals surface area contributed by atoms with E-state index in [0.717, 1.165) is 16.9 Å². The molecule has 0 saturated heterocycles. The number of benzene rings is 2. The van der Waals surface area contributed by atoms with E-state index in [0.29, 0.717) is 33.4 Å². The van der Waals surface area contributed by atoms with Gasteiger partial charge < -0.3 is 14.2 Å². The predicted octanol–water partition coefficient (Wildman–Crippen LogP) is 2.95. The molecule has 2 aromatic heterocycles. The zero-order valence-electron chi connectivity index (χ0n) is 16.5. The van der Waals surface area contributed by atoms with Gasteiger partial charge in [-0.1, -0.05) is 24.0 Å². The smallest absolute Gasteiger partial charge is 0.291 e. The number of hydrogen-bond donors (Lipinski definition) is 0. The summed E-state index contributed by atoms with van der Waals surface area (Å²) in [6, 6.07) is 12.8. The van der Waals surface area contributed by atoms with Crippen molar-refractivity contribution in [3.05, 3.63) is 75.6 Å². The summed E-state index contributed by atoms with van der Waals surface area (Å²) in [5.41, 5.74) is 1.35. The van der Waals surface area contributed by atoms with Crippen molar-refractivity contribution in [1.82, 2.24) is 14.6 Å². The maximum Gasteiger partial charge on any atom is 0.291 e. The zero-order valence-corrected chi connectivity index (χ0v) is 17.3. The molecule has 0 radical (unpaired) electrons. The number of hydrogen-bond acceptors (Lipinski definition) is 7. The molecule has 4 aromatic rings. The van der Waals surface area contributed by atoms with Gasteiger partial charge in [0.25, 0.3) is 5.56 Å². The SMILES string of the molecule is C=CCOc1ccc(-c2nc3sc(=Cc4ccc(OC)cc4OC)c(=O)n3n2)cc1. The minimum absolute atomic E-state index is 0.224. The van der Waals surface area contributed by atoms with Gasteiger partial charge in [0.2, 0.25) is 4.96 Å². The van der Waals surface area contributed by atoms with E-state index in [-0.39, 0.29) is 5.56 Å². The van der Waals surface area contributed by atoms with Crippen molar-refractivity contribution in [3.63, 3.8) is 0 Å². The fourth-order valence-electron chi connectivity index (χ4n) is 2.89. The van der Waals surface area contributed by atoms with Crippen LogP contribution in [0.4, 0.5) is 0 Å². The number of fused-ring (bicyclic) bond motifs is 1. The van der Waals surface area contributed by atoms with E-state index in [1.807, 2.05) is 36.4 Å². The normalized spacial score (nSPS) is 11.6. The lowest BCUT2D eigenvalue weighted by Gasteiger charge is -2.06. The molecule has 0 spiro atoms. The lowest BCUT2D eigenvalue weighted by molar-refractivity contribution is 0.363. The highest BCUT2D eigenvalue weighted by Crippen LogP contribution is 2.25. The Hall–Kier alpha value is -3.65. The molecule has 0 aliphatic rings. The summed E-state index contributed by atoms with van der Waals surface area (Å²) in [5, 5.41) is 4.38. The van der Waals surface area contributed by atoms with Crippen LogP contribution in [0, 0.1) is 0 Å². The van der Waals surface area contributed by atoms with Crippen LogP contribution in [0.5, 0.6) is 17.2 Å². The highest BCUT2D eigenvalue weighted by molar-refractivity contribution is 7.15. The van der Waals surface area contributed by atoms with Crippen LogP contribution in [-0.2, 0) is 0 Å². The van der Waals surface area contributed by atoms with E-state index in [2.05, 4.69) is 16.7 Å². The Kier molecular flexibility index (Phi) is 5.49. The lowest BCUT2D eigenvalue weighted by atomic mass is 10.2. The minimum Gasteiger partial charge on any atom is -0.497 e. The maximum atomic E-state index is 12.8. The molecule has 2 heterocycles. The van der Waals surface area contributed by atoms with E-state index in [1.54, 1.807) is 32.4 Å². The Labute approximate surface area is 176 Å². The average Bonchev–Trinajstić information content (AvgIpc) is 3.32. The van der Waals surface area contributed by atoms with Crippen LogP contribution in [0.25, 0.3) is 22.4 Å². The van der Waals surface area contributed by atoms with E-state index in [1.165, 1.54) is 15.9 Å². The molecule has 30 heavy (non-hydrogen) atoms. The second kappa shape index (κ2) is 8.38. The van der Waals surface area contributed by atoms with Crippen LogP contribution >= 0.6 is 11.3 Å². The molecule has 8 heteroatoms. The Morgan fingerprint density at radius 1 is 1.10 bits per heavy atom. The van der Waals surface area contributed by atoms with Crippen molar-refractivity contribution >= 4 is 22.4 Å². The third kappa shape index (κ3) is 3.77. The van der Waals surface area contributed by atoms with Crippen molar-refractivity contribution in [2.75, 3.05) is 20.8 Å². The minimum atomic E-state index is -0.224. The molecule has 4 rings (SSSR count). The fraction of sp³-hybridized carbons (Fsp3) is 0.136. The fourth-order valence-corrected chi connectivity index (χ4v) is 3.79. The number of ether oxygens (including phenoxy) is 3. The molecular formula is C22H19N3O4S. The second-order valence-corrected chi connectivity index (χ2v) is 7.29. The Bertz CT molecular complexity index is 1310. The van der Waals surface area contributed by atoms with E-state index in [4.69, 9.17) is 14.2 Å². The largest absolute Gasteiger partial charge is 0.497 e. The van der Waals surface area contributed by atoms with Crippen LogP contribution in [0.1, 0.15) is 5.56 Å². The number of nitrogens with zero attached hydrogens (tertiary/aromatic N) is 3. The van der Waals surface area contributed by atoms with Crippen molar-refractivity contribution in [2.45, 2.75) is 0 Å². The first kappa shape index (κ1) is 19.7. The summed E-state index contributed by atoms with van der Waals surface area (Å²) in [5.74, 6) is 2.52. The van der Waals surface area contributed by atoms with Gasteiger partial charge in [0.15, 0.2) is 5.82 Å². The van der Waals surface area contributed by atoms with Gasteiger partial charge in [-0.3, -0.25) is 4.79 Å². The number of thiazole rings is 1. The second-order valence-electron chi connectivity index (χ2n) is 6.28. The zero-order chi connectivity index (χ0) is 21.1. The Morgan fingerprint density at radius 2 is 1.87 bits per heavy atom. The average molecular weight is 421 g/mol. The van der Waals surface area contributed by atoms with Crippen molar-refractivity contribution in [3.8, 4) is 28.6 Å². The molecule has 0 fully saturated rings. The van der Waals surface area contributed by atoms with Gasteiger partial charge in [0.1, 0.15) is 23.9 Å². The van der Waals surface area contributed by atoms with E-state index >= 15 is 0 Å². The van der Waals surface area contributed by atoms with Crippen LogP contribution in [-0.4, -0.2) is 35.4 Å². The number of aromatic nitrogens is 3. The maximum absolute atomic E-state index is 12.8. The summed E-state index contributed by atoms with van der Waals surface area (Å²) < 4.78 is 17.9. The molecule has 0 aliphatic carbocycles. The molecule has 0 saturated carbocycles. The molecule has 152 valence electrons. The predicted molar refractivity (Wildman–Crippen MR) is 117 cm³/mol. The number of methoxy groups -OCH3 is 2. The molecule has 0 bridgehead atoms. The molecule has 0 unspecified atom stereocenters. The Morgan fingerprint density at radius 3 is 2.53 bits per heavy atom. The van der Waals surface area contributed by atoms with Gasteiger partial charge in [-0.2, -0.15) is 9.50 Å². The highest BCUT2D eigenvalue weighted by atomic mass is 32.1. The first-order valence-electron chi connectivity index (χ1n) is 9.10. The summed E-state index contributed by atoms with van der Waals surface area (Å²) >= 11 is 1.28. The quantitative estimate of drug-likeness (QED) is 0.427. The van der Waals surface area contributed by atoms with Gasteiger partial charge >= 0.3 is 0 Å².